The van der Waals surface area contributed by atoms with Crippen molar-refractivity contribution in [3.8, 4) is 0 Å². The van der Waals surface area contributed by atoms with Gasteiger partial charge in [0.1, 0.15) is 6.34 Å². The van der Waals surface area contributed by atoms with Gasteiger partial charge in [-0.25, -0.2) is 0 Å². The van der Waals surface area contributed by atoms with Crippen molar-refractivity contribution in [2.45, 2.75) is 39.5 Å². The second-order valence-corrected chi connectivity index (χ2v) is 6.78. The van der Waals surface area contributed by atoms with Gasteiger partial charge < -0.3 is 4.90 Å². The van der Waals surface area contributed by atoms with E-state index in [0.29, 0.717) is 0 Å². The van der Waals surface area contributed by atoms with Gasteiger partial charge in [-0.3, -0.25) is 9.99 Å². The molecule has 0 spiro atoms. The van der Waals surface area contributed by atoms with Crippen molar-refractivity contribution in [3.05, 3.63) is 37.3 Å². The first-order valence-electron chi connectivity index (χ1n) is 7.30. The molecule has 0 atom stereocenters. The van der Waals surface area contributed by atoms with Crippen LogP contribution in [0.2, 0.25) is 0 Å². The van der Waals surface area contributed by atoms with Crippen LogP contribution >= 0.6 is 19.1 Å². The summed E-state index contributed by atoms with van der Waals surface area (Å²) in [5.41, 5.74) is 0. The third-order valence-corrected chi connectivity index (χ3v) is 2.62. The largest absolute Gasteiger partial charge is 0.265 e. The Bertz CT molecular complexity index is 312. The summed E-state index contributed by atoms with van der Waals surface area (Å²) >= 11 is -0.106. The topological polar surface area (TPSA) is 31.7 Å². The van der Waals surface area contributed by atoms with Gasteiger partial charge in [0.05, 0.1) is 0 Å². The predicted molar refractivity (Wildman–Crippen MR) is 90.9 cm³/mol. The maximum atomic E-state index is 4.81. The molecule has 2 heterocycles. The van der Waals surface area contributed by atoms with E-state index in [1.807, 2.05) is 34.4 Å². The summed E-state index contributed by atoms with van der Waals surface area (Å²) in [7, 11) is 9.63. The Morgan fingerprint density at radius 1 is 1.00 bits per heavy atom. The molecule has 1 aliphatic heterocycles. The summed E-state index contributed by atoms with van der Waals surface area (Å²) in [6.45, 7) is 9.63. The number of aromatic nitrogens is 1. The van der Waals surface area contributed by atoms with E-state index in [1.54, 1.807) is 12.4 Å². The quantitative estimate of drug-likeness (QED) is 0.610. The van der Waals surface area contributed by atoms with E-state index in [2.05, 4.69) is 30.6 Å². The standard InChI is InChI=1S/C10H19N3.C5H5N.2ClH.Pd/c1-3-5-7-12-9-11-13(10-12)8-6-4-2;1-2-4-6-5-3-1;;;/h9H,3-8H2,1-2H3;1-5H;2*1H;/q;;;;+2/p-2. The molecule has 0 N–H and O–H groups in total. The molecule has 0 saturated carbocycles. The van der Waals surface area contributed by atoms with Crippen LogP contribution in [0.3, 0.4) is 0 Å². The SMILES string of the molecule is CCCCN1[C]N(CCCC)N=C1.[Cl][Pd][Cl].c1ccncc1. The van der Waals surface area contributed by atoms with Crippen molar-refractivity contribution in [3.63, 3.8) is 0 Å². The molecule has 1 aromatic heterocycles. The molecule has 0 aliphatic carbocycles. The molecular weight excluding hydrogens is 414 g/mol. The zero-order chi connectivity index (χ0) is 16.5. The Kier molecular flexibility index (Phi) is 16.8. The number of nitrogens with zero attached hydrogens (tertiary/aromatic N) is 4. The number of hydrogen-bond acceptors (Lipinski definition) is 4. The Hall–Kier alpha value is -0.338. The molecule has 0 unspecified atom stereocenters. The summed E-state index contributed by atoms with van der Waals surface area (Å²) in [5, 5.41) is 6.13. The Balaban J connectivity index is 0.000000404. The molecule has 7 heteroatoms. The van der Waals surface area contributed by atoms with Gasteiger partial charge in [0.25, 0.3) is 0 Å². The maximum Gasteiger partial charge on any atom is 0.0267 e. The molecule has 22 heavy (non-hydrogen) atoms. The Labute approximate surface area is 151 Å². The van der Waals surface area contributed by atoms with E-state index in [9.17, 15) is 0 Å². The number of rotatable bonds is 6. The van der Waals surface area contributed by atoms with Crippen molar-refractivity contribution in [2.75, 3.05) is 13.1 Å². The molecule has 2 radical (unpaired) electrons. The molecule has 2 rings (SSSR count). The zero-order valence-corrected chi connectivity index (χ0v) is 16.1. The van der Waals surface area contributed by atoms with Crippen LogP contribution in [0.1, 0.15) is 39.5 Å². The smallest absolute Gasteiger partial charge is 0.0267 e. The van der Waals surface area contributed by atoms with E-state index < -0.39 is 0 Å². The summed E-state index contributed by atoms with van der Waals surface area (Å²) in [6.07, 6.45) is 10.2. The number of hydrazone groups is 1. The number of halogens is 2. The first-order valence-corrected chi connectivity index (χ1v) is 11.3. The van der Waals surface area contributed by atoms with E-state index in [4.69, 9.17) is 19.1 Å². The van der Waals surface area contributed by atoms with Gasteiger partial charge in [0.2, 0.25) is 6.67 Å². The van der Waals surface area contributed by atoms with Gasteiger partial charge in [0.15, 0.2) is 0 Å². The Morgan fingerprint density at radius 2 is 1.59 bits per heavy atom. The molecular formula is C15H24Cl2N4Pd. The molecule has 0 aromatic carbocycles. The van der Waals surface area contributed by atoms with Crippen molar-refractivity contribution in [1.29, 1.82) is 0 Å². The molecule has 0 amide bonds. The minimum absolute atomic E-state index is 0.106. The van der Waals surface area contributed by atoms with Crippen LogP contribution in [-0.4, -0.2) is 34.3 Å². The van der Waals surface area contributed by atoms with Gasteiger partial charge in [0, 0.05) is 25.5 Å². The minimum atomic E-state index is -0.106. The summed E-state index contributed by atoms with van der Waals surface area (Å²) in [6, 6.07) is 5.72. The van der Waals surface area contributed by atoms with Gasteiger partial charge in [-0.2, -0.15) is 5.10 Å². The van der Waals surface area contributed by atoms with Crippen LogP contribution in [-0.2, 0) is 15.9 Å². The van der Waals surface area contributed by atoms with Crippen LogP contribution in [0.25, 0.3) is 0 Å². The minimum Gasteiger partial charge on any atom is -0.265 e. The maximum absolute atomic E-state index is 4.81. The van der Waals surface area contributed by atoms with Crippen molar-refractivity contribution in [2.24, 2.45) is 5.10 Å². The second-order valence-electron chi connectivity index (χ2n) is 4.42. The first kappa shape index (κ1) is 21.7. The monoisotopic (exact) mass is 436 g/mol. The summed E-state index contributed by atoms with van der Waals surface area (Å²) in [5.74, 6) is 0. The molecule has 1 aromatic rings. The fourth-order valence-corrected chi connectivity index (χ4v) is 1.49. The van der Waals surface area contributed by atoms with Crippen molar-refractivity contribution >= 4 is 25.4 Å². The third kappa shape index (κ3) is 13.3. The fourth-order valence-electron chi connectivity index (χ4n) is 1.49. The molecule has 1 aliphatic rings. The fraction of sp³-hybridized carbons (Fsp3) is 0.533. The van der Waals surface area contributed by atoms with E-state index >= 15 is 0 Å². The van der Waals surface area contributed by atoms with E-state index in [1.165, 1.54) is 25.7 Å². The van der Waals surface area contributed by atoms with Gasteiger partial charge in [-0.1, -0.05) is 32.8 Å². The number of unbranched alkanes of at least 4 members (excludes halogenated alkanes) is 2. The van der Waals surface area contributed by atoms with Crippen LogP contribution in [0.15, 0.2) is 35.7 Å². The van der Waals surface area contributed by atoms with Gasteiger partial charge in [-0.15, -0.1) is 0 Å². The van der Waals surface area contributed by atoms with E-state index in [0.717, 1.165) is 13.1 Å². The molecule has 0 fully saturated rings. The zero-order valence-electron chi connectivity index (χ0n) is 13.1. The van der Waals surface area contributed by atoms with Crippen LogP contribution in [0.5, 0.6) is 0 Å². The number of pyridine rings is 1. The van der Waals surface area contributed by atoms with Crippen molar-refractivity contribution < 1.29 is 15.9 Å². The average molecular weight is 438 g/mol. The van der Waals surface area contributed by atoms with Gasteiger partial charge in [-0.05, 0) is 25.0 Å². The van der Waals surface area contributed by atoms with E-state index in [-0.39, 0.29) is 15.9 Å². The molecule has 4 nitrogen and oxygen atoms in total. The molecule has 0 bridgehead atoms. The normalized spacial score (nSPS) is 12.5. The average Bonchev–Trinajstić information content (AvgIpc) is 3.02. The van der Waals surface area contributed by atoms with Gasteiger partial charge >= 0.3 is 35.0 Å². The van der Waals surface area contributed by atoms with Crippen molar-refractivity contribution in [1.82, 2.24) is 14.9 Å². The van der Waals surface area contributed by atoms with Crippen LogP contribution in [0.4, 0.5) is 0 Å². The summed E-state index contributed by atoms with van der Waals surface area (Å²) < 4.78 is 0. The summed E-state index contributed by atoms with van der Waals surface area (Å²) in [4.78, 5) is 5.83. The molecule has 128 valence electrons. The molecule has 0 saturated heterocycles. The first-order chi connectivity index (χ1) is 10.8. The second kappa shape index (κ2) is 17.0. The third-order valence-electron chi connectivity index (χ3n) is 2.62. The van der Waals surface area contributed by atoms with Crippen LogP contribution in [0, 0.1) is 6.67 Å². The Morgan fingerprint density at radius 3 is 2.05 bits per heavy atom. The predicted octanol–water partition coefficient (Wildman–Crippen LogP) is 4.60. The van der Waals surface area contributed by atoms with Crippen LogP contribution < -0.4 is 0 Å². The number of hydrogen-bond donors (Lipinski definition) is 0.